The molecule has 5 aromatic rings. The fourth-order valence-corrected chi connectivity index (χ4v) is 2.55. The minimum atomic E-state index is 0. The summed E-state index contributed by atoms with van der Waals surface area (Å²) < 4.78 is 0. The Bertz CT molecular complexity index is 830. The third-order valence-corrected chi connectivity index (χ3v) is 3.63. The van der Waals surface area contributed by atoms with Gasteiger partial charge in [0.05, 0.1) is 0 Å². The Kier molecular flexibility index (Phi) is 19.3. The second kappa shape index (κ2) is 18.7. The van der Waals surface area contributed by atoms with Gasteiger partial charge in [0.15, 0.2) is 0 Å². The van der Waals surface area contributed by atoms with Gasteiger partial charge in [0, 0.05) is 9.52 Å². The van der Waals surface area contributed by atoms with E-state index < -0.39 is 0 Å². The van der Waals surface area contributed by atoms with Crippen LogP contribution in [0.5, 0.6) is 0 Å². The molecule has 3 radical (unpaired) electrons. The number of rotatable bonds is 0. The maximum absolute atomic E-state index is 2.24. The Morgan fingerprint density at radius 1 is 0.552 bits per heavy atom. The zero-order chi connectivity index (χ0) is 18.5. The summed E-state index contributed by atoms with van der Waals surface area (Å²) in [6, 6.07) is 39.3. The summed E-state index contributed by atoms with van der Waals surface area (Å²) in [4.78, 5) is 0. The minimum absolute atomic E-state index is 0. The molecule has 0 aliphatic carbocycles. The van der Waals surface area contributed by atoms with Crippen molar-refractivity contribution in [2.75, 3.05) is 0 Å². The van der Waals surface area contributed by atoms with E-state index in [9.17, 15) is 0 Å². The van der Waals surface area contributed by atoms with Gasteiger partial charge in [0.25, 0.3) is 0 Å². The van der Waals surface area contributed by atoms with Gasteiger partial charge in [-0.25, -0.2) is 24.3 Å². The van der Waals surface area contributed by atoms with Gasteiger partial charge in [-0.1, -0.05) is 49.5 Å². The van der Waals surface area contributed by atoms with Gasteiger partial charge in [0.2, 0.25) is 0 Å². The molecule has 0 unspecified atom stereocenters. The Morgan fingerprint density at radius 3 is 1.14 bits per heavy atom. The molecule has 4 heteroatoms. The van der Waals surface area contributed by atoms with E-state index in [2.05, 4.69) is 67.7 Å². The Hall–Kier alpha value is -1.31. The molecule has 0 amide bonds. The summed E-state index contributed by atoms with van der Waals surface area (Å²) in [5, 5.41) is 5.39. The molecule has 0 nitrogen and oxygen atoms in total. The summed E-state index contributed by atoms with van der Waals surface area (Å²) in [5.41, 5.74) is 0. The topological polar surface area (TPSA) is 0 Å². The molecule has 0 aromatic heterocycles. The van der Waals surface area contributed by atoms with Crippen LogP contribution in [0.15, 0.2) is 115 Å². The molecule has 0 spiro atoms. The predicted octanol–water partition coefficient (Wildman–Crippen LogP) is 1.32. The van der Waals surface area contributed by atoms with Crippen molar-refractivity contribution in [3.05, 3.63) is 115 Å². The van der Waals surface area contributed by atoms with Gasteiger partial charge < -0.3 is 24.8 Å². The van der Waals surface area contributed by atoms with Crippen molar-refractivity contribution < 1.29 is 51.0 Å². The first-order valence-corrected chi connectivity index (χ1v) is 10.8. The summed E-state index contributed by atoms with van der Waals surface area (Å²) in [7, 11) is 1.08. The van der Waals surface area contributed by atoms with Crippen LogP contribution in [-0.2, 0) is 26.2 Å². The van der Waals surface area contributed by atoms with Crippen molar-refractivity contribution in [2.45, 2.75) is 13.1 Å². The van der Waals surface area contributed by atoms with Crippen LogP contribution in [0.3, 0.4) is 0 Å². The number of hydrogen-bond donors (Lipinski definition) is 0. The van der Waals surface area contributed by atoms with Crippen molar-refractivity contribution in [1.29, 1.82) is 0 Å². The normalized spacial score (nSPS) is 8.34. The van der Waals surface area contributed by atoms with Gasteiger partial charge in [-0.05, 0) is 0 Å². The first kappa shape index (κ1) is 29.9. The Morgan fingerprint density at radius 2 is 0.862 bits per heavy atom. The SMILES string of the molecule is C[Si]C.[Cl-].[Cl-].[Zr+3].c1cc[cH-]c1.c1cc[cH-]c1.c1ccc2c(c1)[cH-]c1ccccc12. The maximum Gasteiger partial charge on any atom is 3.00 e. The van der Waals surface area contributed by atoms with Crippen LogP contribution in [0.25, 0.3) is 21.5 Å². The molecule has 149 valence electrons. The number of halogens is 2. The standard InChI is InChI=1S/C13H9.2C5H5.C2H6Si.2ClH.Zr/c1-3-7-12-10(5-1)9-11-6-2-4-8-13(11)12;2*1-2-4-5-3-1;1-3-2;;;/h1-9H;2*1-5H;1-2H3;2*1H;/q3*-1;;;;+3/p-2. The van der Waals surface area contributed by atoms with E-state index in [1.807, 2.05) is 60.7 Å². The monoisotopic (exact) mass is 513 g/mol. The second-order valence-corrected chi connectivity index (χ2v) is 6.74. The van der Waals surface area contributed by atoms with Crippen molar-refractivity contribution in [3.63, 3.8) is 0 Å². The summed E-state index contributed by atoms with van der Waals surface area (Å²) in [6.45, 7) is 4.31. The maximum atomic E-state index is 2.24. The van der Waals surface area contributed by atoms with Gasteiger partial charge in [-0.15, -0.1) is 39.7 Å². The molecule has 0 fully saturated rings. The molecule has 0 aliphatic rings. The first-order chi connectivity index (χ1) is 12.9. The van der Waals surface area contributed by atoms with E-state index in [-0.39, 0.29) is 51.0 Å². The molecule has 0 saturated heterocycles. The quantitative estimate of drug-likeness (QED) is 0.216. The number of benzene rings is 2. The van der Waals surface area contributed by atoms with E-state index in [1.165, 1.54) is 21.5 Å². The zero-order valence-electron chi connectivity index (χ0n) is 16.7. The Labute approximate surface area is 209 Å². The molecule has 0 heterocycles. The van der Waals surface area contributed by atoms with Gasteiger partial charge in [0.1, 0.15) is 0 Å². The van der Waals surface area contributed by atoms with Crippen molar-refractivity contribution >= 4 is 31.1 Å². The first-order valence-electron chi connectivity index (χ1n) is 8.82. The summed E-state index contributed by atoms with van der Waals surface area (Å²) in [5.74, 6) is 0. The third kappa shape index (κ3) is 10.9. The van der Waals surface area contributed by atoms with Crippen LogP contribution in [-0.4, -0.2) is 9.52 Å². The van der Waals surface area contributed by atoms with Gasteiger partial charge in [-0.3, -0.25) is 0 Å². The van der Waals surface area contributed by atoms with Gasteiger partial charge >= 0.3 is 26.2 Å². The van der Waals surface area contributed by atoms with Crippen LogP contribution in [0, 0.1) is 0 Å². The van der Waals surface area contributed by atoms with E-state index in [4.69, 9.17) is 0 Å². The van der Waals surface area contributed by atoms with Crippen LogP contribution in [0.2, 0.25) is 13.1 Å². The van der Waals surface area contributed by atoms with Crippen LogP contribution in [0.4, 0.5) is 0 Å². The number of fused-ring (bicyclic) bond motifs is 3. The van der Waals surface area contributed by atoms with E-state index in [0.29, 0.717) is 0 Å². The van der Waals surface area contributed by atoms with Crippen LogP contribution >= 0.6 is 0 Å². The fraction of sp³-hybridized carbons (Fsp3) is 0.0800. The molecule has 5 rings (SSSR count). The van der Waals surface area contributed by atoms with Crippen LogP contribution < -0.4 is 24.8 Å². The largest absolute Gasteiger partial charge is 3.00 e. The third-order valence-electron chi connectivity index (χ3n) is 3.63. The molecular weight excluding hydrogens is 490 g/mol. The number of hydrogen-bond acceptors (Lipinski definition) is 0. The molecule has 0 saturated carbocycles. The zero-order valence-corrected chi connectivity index (χ0v) is 21.7. The van der Waals surface area contributed by atoms with E-state index in [1.54, 1.807) is 0 Å². The average Bonchev–Trinajstić information content (AvgIpc) is 3.47. The minimum Gasteiger partial charge on any atom is -1.00 e. The van der Waals surface area contributed by atoms with Crippen molar-refractivity contribution in [3.8, 4) is 0 Å². The van der Waals surface area contributed by atoms with Crippen molar-refractivity contribution in [2.24, 2.45) is 0 Å². The van der Waals surface area contributed by atoms with E-state index >= 15 is 0 Å². The molecule has 0 N–H and O–H groups in total. The summed E-state index contributed by atoms with van der Waals surface area (Å²) >= 11 is 0. The summed E-state index contributed by atoms with van der Waals surface area (Å²) in [6.07, 6.45) is 0. The molecular formula is C25H25Cl2SiZr-2. The molecule has 0 atom stereocenters. The predicted molar refractivity (Wildman–Crippen MR) is 119 cm³/mol. The molecule has 0 aliphatic heterocycles. The van der Waals surface area contributed by atoms with Gasteiger partial charge in [-0.2, -0.15) is 36.4 Å². The van der Waals surface area contributed by atoms with Crippen molar-refractivity contribution in [1.82, 2.24) is 0 Å². The smallest absolute Gasteiger partial charge is 1.00 e. The second-order valence-electron chi connectivity index (χ2n) is 5.74. The molecule has 0 bridgehead atoms. The van der Waals surface area contributed by atoms with Crippen LogP contribution in [0.1, 0.15) is 0 Å². The Balaban J connectivity index is 0. The fourth-order valence-electron chi connectivity index (χ4n) is 2.55. The van der Waals surface area contributed by atoms with E-state index in [0.717, 1.165) is 9.52 Å². The average molecular weight is 516 g/mol. The molecule has 29 heavy (non-hydrogen) atoms. The molecule has 5 aromatic carbocycles.